The smallest absolute Gasteiger partial charge is 0.325 e. The molecular formula is C15H15NO5. The minimum Gasteiger partial charge on any atom is -0.486 e. The highest BCUT2D eigenvalue weighted by atomic mass is 16.5. The van der Waals surface area contributed by atoms with E-state index in [2.05, 4.69) is 10.1 Å². The molecule has 110 valence electrons. The highest BCUT2D eigenvalue weighted by molar-refractivity contribution is 5.93. The monoisotopic (exact) mass is 289 g/mol. The number of hydrogen-bond donors (Lipinski definition) is 1. The Hall–Kier alpha value is -2.76. The van der Waals surface area contributed by atoms with Crippen LogP contribution in [0.4, 0.5) is 0 Å². The molecule has 1 aromatic heterocycles. The van der Waals surface area contributed by atoms with Gasteiger partial charge in [0.1, 0.15) is 24.7 Å². The summed E-state index contributed by atoms with van der Waals surface area (Å²) in [6.07, 6.45) is 0. The molecule has 1 amide bonds. The normalized spacial score (nSPS) is 9.95. The van der Waals surface area contributed by atoms with E-state index in [1.54, 1.807) is 6.07 Å². The molecule has 0 aliphatic carbocycles. The van der Waals surface area contributed by atoms with Crippen LogP contribution in [-0.2, 0) is 16.1 Å². The number of benzene rings is 1. The van der Waals surface area contributed by atoms with Crippen LogP contribution in [0.15, 0.2) is 46.9 Å². The molecule has 6 nitrogen and oxygen atoms in total. The van der Waals surface area contributed by atoms with E-state index in [9.17, 15) is 9.59 Å². The molecule has 21 heavy (non-hydrogen) atoms. The van der Waals surface area contributed by atoms with Crippen LogP contribution in [0.1, 0.15) is 16.3 Å². The summed E-state index contributed by atoms with van der Waals surface area (Å²) in [6.45, 7) is 0.0141. The summed E-state index contributed by atoms with van der Waals surface area (Å²) in [5, 5.41) is 2.39. The van der Waals surface area contributed by atoms with Gasteiger partial charge in [0.2, 0.25) is 0 Å². The second kappa shape index (κ2) is 7.14. The van der Waals surface area contributed by atoms with Crippen LogP contribution in [0.2, 0.25) is 0 Å². The summed E-state index contributed by atoms with van der Waals surface area (Å²) in [5.74, 6) is 0.340. The Morgan fingerprint density at radius 2 is 1.90 bits per heavy atom. The van der Waals surface area contributed by atoms with Crippen molar-refractivity contribution < 1.29 is 23.5 Å². The van der Waals surface area contributed by atoms with E-state index in [4.69, 9.17) is 9.15 Å². The van der Waals surface area contributed by atoms with Crippen LogP contribution in [-0.4, -0.2) is 25.5 Å². The number of hydrogen-bond acceptors (Lipinski definition) is 5. The molecule has 0 saturated carbocycles. The largest absolute Gasteiger partial charge is 0.486 e. The van der Waals surface area contributed by atoms with Gasteiger partial charge in [-0.15, -0.1) is 0 Å². The Bertz CT molecular complexity index is 606. The van der Waals surface area contributed by atoms with Crippen molar-refractivity contribution in [2.75, 3.05) is 13.7 Å². The van der Waals surface area contributed by atoms with Crippen LogP contribution in [0, 0.1) is 0 Å². The topological polar surface area (TPSA) is 77.8 Å². The van der Waals surface area contributed by atoms with E-state index in [0.717, 1.165) is 0 Å². The van der Waals surface area contributed by atoms with E-state index >= 15 is 0 Å². The predicted octanol–water partition coefficient (Wildman–Crippen LogP) is 1.76. The molecule has 0 spiro atoms. The van der Waals surface area contributed by atoms with Crippen molar-refractivity contribution in [1.29, 1.82) is 0 Å². The van der Waals surface area contributed by atoms with Gasteiger partial charge in [-0.2, -0.15) is 0 Å². The zero-order valence-corrected chi connectivity index (χ0v) is 11.5. The molecule has 1 heterocycles. The zero-order valence-electron chi connectivity index (χ0n) is 11.5. The molecule has 6 heteroatoms. The van der Waals surface area contributed by atoms with Crippen LogP contribution in [0.3, 0.4) is 0 Å². The first-order valence-corrected chi connectivity index (χ1v) is 6.30. The summed E-state index contributed by atoms with van der Waals surface area (Å²) >= 11 is 0. The molecule has 1 aromatic carbocycles. The van der Waals surface area contributed by atoms with E-state index in [1.165, 1.54) is 13.2 Å². The maximum atomic E-state index is 11.7. The van der Waals surface area contributed by atoms with Crippen LogP contribution >= 0.6 is 0 Å². The lowest BCUT2D eigenvalue weighted by Crippen LogP contribution is -2.29. The Morgan fingerprint density at radius 1 is 1.14 bits per heavy atom. The lowest BCUT2D eigenvalue weighted by Gasteiger charge is -2.03. The molecule has 0 bridgehead atoms. The standard InChI is InChI=1S/C15H15NO5/c1-19-14(17)9-16-15(18)13-8-7-12(21-13)10-20-11-5-3-2-4-6-11/h2-8H,9-10H2,1H3,(H,16,18). The third kappa shape index (κ3) is 4.38. The highest BCUT2D eigenvalue weighted by Gasteiger charge is 2.12. The summed E-state index contributed by atoms with van der Waals surface area (Å²) < 4.78 is 15.3. The van der Waals surface area contributed by atoms with E-state index in [1.807, 2.05) is 30.3 Å². The Morgan fingerprint density at radius 3 is 2.62 bits per heavy atom. The summed E-state index contributed by atoms with van der Waals surface area (Å²) in [6, 6.07) is 12.4. The fraction of sp³-hybridized carbons (Fsp3) is 0.200. The molecule has 0 aliphatic heterocycles. The lowest BCUT2D eigenvalue weighted by molar-refractivity contribution is -0.139. The van der Waals surface area contributed by atoms with Gasteiger partial charge in [-0.3, -0.25) is 9.59 Å². The minimum absolute atomic E-state index is 0.116. The van der Waals surface area contributed by atoms with Crippen LogP contribution < -0.4 is 10.1 Å². The molecule has 0 unspecified atom stereocenters. The number of esters is 1. The summed E-state index contributed by atoms with van der Waals surface area (Å²) in [4.78, 5) is 22.6. The SMILES string of the molecule is COC(=O)CNC(=O)c1ccc(COc2ccccc2)o1. The third-order valence-electron chi connectivity index (χ3n) is 2.63. The van der Waals surface area contributed by atoms with Gasteiger partial charge >= 0.3 is 5.97 Å². The van der Waals surface area contributed by atoms with Gasteiger partial charge in [0.25, 0.3) is 5.91 Å². The van der Waals surface area contributed by atoms with Crippen molar-refractivity contribution in [2.24, 2.45) is 0 Å². The average Bonchev–Trinajstić information content (AvgIpc) is 3.00. The first-order chi connectivity index (χ1) is 10.2. The molecule has 0 fully saturated rings. The third-order valence-corrected chi connectivity index (χ3v) is 2.63. The Kier molecular flexibility index (Phi) is 4.98. The lowest BCUT2D eigenvalue weighted by atomic mass is 10.3. The highest BCUT2D eigenvalue weighted by Crippen LogP contribution is 2.13. The number of para-hydroxylation sites is 1. The van der Waals surface area contributed by atoms with Crippen LogP contribution in [0.25, 0.3) is 0 Å². The maximum absolute atomic E-state index is 11.7. The Labute approximate surface area is 121 Å². The van der Waals surface area contributed by atoms with Gasteiger partial charge in [-0.1, -0.05) is 18.2 Å². The second-order valence-corrected chi connectivity index (χ2v) is 4.13. The van der Waals surface area contributed by atoms with Gasteiger partial charge in [0.15, 0.2) is 5.76 Å². The second-order valence-electron chi connectivity index (χ2n) is 4.13. The first-order valence-electron chi connectivity index (χ1n) is 6.30. The number of methoxy groups -OCH3 is 1. The molecule has 2 rings (SSSR count). The molecule has 0 atom stereocenters. The van der Waals surface area contributed by atoms with E-state index in [-0.39, 0.29) is 18.9 Å². The minimum atomic E-state index is -0.525. The van der Waals surface area contributed by atoms with Crippen molar-refractivity contribution in [3.05, 3.63) is 54.0 Å². The molecule has 0 saturated heterocycles. The number of carbonyl (C=O) groups excluding carboxylic acids is 2. The van der Waals surface area contributed by atoms with Crippen LogP contribution in [0.5, 0.6) is 5.75 Å². The number of amides is 1. The zero-order chi connectivity index (χ0) is 15.1. The first kappa shape index (κ1) is 14.6. The molecule has 0 radical (unpaired) electrons. The number of ether oxygens (including phenoxy) is 2. The number of carbonyl (C=O) groups is 2. The predicted molar refractivity (Wildman–Crippen MR) is 73.8 cm³/mol. The average molecular weight is 289 g/mol. The van der Waals surface area contributed by atoms with E-state index < -0.39 is 11.9 Å². The van der Waals surface area contributed by atoms with Crippen molar-refractivity contribution in [2.45, 2.75) is 6.61 Å². The fourth-order valence-electron chi connectivity index (χ4n) is 1.56. The Balaban J connectivity index is 1.86. The van der Waals surface area contributed by atoms with E-state index in [0.29, 0.717) is 11.5 Å². The summed E-state index contributed by atoms with van der Waals surface area (Å²) in [5.41, 5.74) is 0. The van der Waals surface area contributed by atoms with Gasteiger partial charge < -0.3 is 19.2 Å². The summed E-state index contributed by atoms with van der Waals surface area (Å²) in [7, 11) is 1.25. The number of rotatable bonds is 6. The maximum Gasteiger partial charge on any atom is 0.325 e. The van der Waals surface area contributed by atoms with Gasteiger partial charge in [-0.05, 0) is 24.3 Å². The number of furan rings is 1. The molecule has 0 aliphatic rings. The van der Waals surface area contributed by atoms with Crippen molar-refractivity contribution in [3.63, 3.8) is 0 Å². The van der Waals surface area contributed by atoms with Crippen molar-refractivity contribution >= 4 is 11.9 Å². The van der Waals surface area contributed by atoms with Crippen molar-refractivity contribution in [3.8, 4) is 5.75 Å². The number of nitrogens with one attached hydrogen (secondary N) is 1. The molecule has 1 N–H and O–H groups in total. The fourth-order valence-corrected chi connectivity index (χ4v) is 1.56. The van der Waals surface area contributed by atoms with Gasteiger partial charge in [0, 0.05) is 0 Å². The van der Waals surface area contributed by atoms with Crippen molar-refractivity contribution in [1.82, 2.24) is 5.32 Å². The van der Waals surface area contributed by atoms with Gasteiger partial charge in [-0.25, -0.2) is 0 Å². The molecular weight excluding hydrogens is 274 g/mol. The van der Waals surface area contributed by atoms with Gasteiger partial charge in [0.05, 0.1) is 7.11 Å². The quantitative estimate of drug-likeness (QED) is 0.820. The molecule has 2 aromatic rings.